The largest absolute Gasteiger partial charge is 0.320 e. The molecule has 1 amide bonds. The zero-order valence-corrected chi connectivity index (χ0v) is 9.28. The summed E-state index contributed by atoms with van der Waals surface area (Å²) in [7, 11) is 0. The van der Waals surface area contributed by atoms with Crippen LogP contribution in [-0.4, -0.2) is 11.9 Å². The molecule has 0 aromatic heterocycles. The van der Waals surface area contributed by atoms with Crippen molar-refractivity contribution in [3.63, 3.8) is 0 Å². The minimum atomic E-state index is -0.571. The maximum Gasteiger partial charge on any atom is 0.320 e. The number of carbonyl (C=O) groups is 1. The van der Waals surface area contributed by atoms with E-state index in [1.54, 1.807) is 32.0 Å². The van der Waals surface area contributed by atoms with Crippen molar-refractivity contribution in [3.05, 3.63) is 28.7 Å². The number of nitroso groups, excluding NO2 is 1. The fraction of sp³-hybridized carbons (Fsp3) is 0.300. The van der Waals surface area contributed by atoms with Crippen molar-refractivity contribution >= 4 is 28.3 Å². The van der Waals surface area contributed by atoms with Crippen molar-refractivity contribution in [2.24, 2.45) is 5.18 Å². The molecule has 0 unspecified atom stereocenters. The van der Waals surface area contributed by atoms with Crippen LogP contribution in [0.5, 0.6) is 0 Å². The summed E-state index contributed by atoms with van der Waals surface area (Å²) >= 11 is 5.39. The molecule has 0 bridgehead atoms. The molecule has 0 fully saturated rings. The van der Waals surface area contributed by atoms with Gasteiger partial charge in [0, 0.05) is 12.2 Å². The van der Waals surface area contributed by atoms with Gasteiger partial charge in [-0.25, -0.2) is 0 Å². The lowest BCUT2D eigenvalue weighted by Crippen LogP contribution is -2.24. The van der Waals surface area contributed by atoms with E-state index in [4.69, 9.17) is 11.6 Å². The molecule has 0 aliphatic rings. The van der Waals surface area contributed by atoms with Gasteiger partial charge < -0.3 is 0 Å². The third-order valence-corrected chi connectivity index (χ3v) is 2.34. The molecule has 0 atom stereocenters. The maximum absolute atomic E-state index is 11.0. The van der Waals surface area contributed by atoms with Gasteiger partial charge in [0.15, 0.2) is 0 Å². The molecule has 0 radical (unpaired) electrons. The quantitative estimate of drug-likeness (QED) is 0.449. The first kappa shape index (κ1) is 11.7. The molecular formula is C10H11ClN2O2. The number of hydrogen-bond acceptors (Lipinski definition) is 3. The molecule has 0 heterocycles. The fourth-order valence-electron chi connectivity index (χ4n) is 1.27. The Kier molecular flexibility index (Phi) is 3.80. The van der Waals surface area contributed by atoms with E-state index < -0.39 is 5.37 Å². The van der Waals surface area contributed by atoms with E-state index in [0.717, 1.165) is 5.56 Å². The molecule has 0 spiro atoms. The second-order valence-electron chi connectivity index (χ2n) is 3.06. The third-order valence-electron chi connectivity index (χ3n) is 2.13. The lowest BCUT2D eigenvalue weighted by atomic mass is 10.2. The molecule has 5 heteroatoms. The van der Waals surface area contributed by atoms with Gasteiger partial charge in [0.2, 0.25) is 0 Å². The first-order valence-corrected chi connectivity index (χ1v) is 4.89. The summed E-state index contributed by atoms with van der Waals surface area (Å²) in [5, 5.41) is 2.30. The molecular weight excluding hydrogens is 216 g/mol. The molecule has 1 rings (SSSR count). The Labute approximate surface area is 92.8 Å². The second-order valence-corrected chi connectivity index (χ2v) is 3.38. The van der Waals surface area contributed by atoms with Gasteiger partial charge >= 0.3 is 5.37 Å². The normalized spacial score (nSPS) is 9.80. The average Bonchev–Trinajstić information content (AvgIpc) is 2.21. The Morgan fingerprint density at radius 3 is 2.67 bits per heavy atom. The summed E-state index contributed by atoms with van der Waals surface area (Å²) in [4.78, 5) is 22.9. The summed E-state index contributed by atoms with van der Waals surface area (Å²) in [6.07, 6.45) is 0. The van der Waals surface area contributed by atoms with E-state index >= 15 is 0 Å². The van der Waals surface area contributed by atoms with Gasteiger partial charge in [0.1, 0.15) is 5.69 Å². The summed E-state index contributed by atoms with van der Waals surface area (Å²) in [5.41, 5.74) is 1.67. The van der Waals surface area contributed by atoms with Gasteiger partial charge in [0.25, 0.3) is 0 Å². The van der Waals surface area contributed by atoms with E-state index in [9.17, 15) is 9.70 Å². The summed E-state index contributed by atoms with van der Waals surface area (Å²) < 4.78 is 0. The van der Waals surface area contributed by atoms with Crippen molar-refractivity contribution in [2.75, 3.05) is 11.4 Å². The molecule has 0 saturated carbocycles. The zero-order valence-electron chi connectivity index (χ0n) is 8.53. The maximum atomic E-state index is 11.0. The van der Waals surface area contributed by atoms with Gasteiger partial charge in [-0.3, -0.25) is 9.69 Å². The second kappa shape index (κ2) is 4.89. The Hall–Kier alpha value is -1.42. The number of carbonyl (C=O) groups excluding carboxylic acids is 1. The Morgan fingerprint density at radius 1 is 1.53 bits per heavy atom. The fourth-order valence-corrected chi connectivity index (χ4v) is 1.49. The highest BCUT2D eigenvalue weighted by atomic mass is 35.5. The van der Waals surface area contributed by atoms with Crippen LogP contribution in [0.2, 0.25) is 0 Å². The summed E-state index contributed by atoms with van der Waals surface area (Å²) in [5.74, 6) is 0. The molecule has 1 aromatic rings. The first-order chi connectivity index (χ1) is 7.10. The highest BCUT2D eigenvalue weighted by Crippen LogP contribution is 2.26. The van der Waals surface area contributed by atoms with Crippen molar-refractivity contribution in [2.45, 2.75) is 13.8 Å². The first-order valence-electron chi connectivity index (χ1n) is 4.51. The smallest absolute Gasteiger partial charge is 0.299 e. The van der Waals surface area contributed by atoms with E-state index in [-0.39, 0.29) is 0 Å². The van der Waals surface area contributed by atoms with Crippen LogP contribution in [-0.2, 0) is 0 Å². The van der Waals surface area contributed by atoms with Crippen LogP contribution in [0.3, 0.4) is 0 Å². The molecule has 0 N–H and O–H groups in total. The predicted molar refractivity (Wildman–Crippen MR) is 60.9 cm³/mol. The lowest BCUT2D eigenvalue weighted by Gasteiger charge is -2.17. The molecule has 1 aromatic carbocycles. The van der Waals surface area contributed by atoms with Crippen LogP contribution in [0.4, 0.5) is 16.2 Å². The highest BCUT2D eigenvalue weighted by Gasteiger charge is 2.12. The number of nitrogens with zero attached hydrogens (tertiary/aromatic N) is 2. The Bertz CT molecular complexity index is 393. The molecule has 4 nitrogen and oxygen atoms in total. The molecule has 0 saturated heterocycles. The predicted octanol–water partition coefficient (Wildman–Crippen LogP) is 3.58. The van der Waals surface area contributed by atoms with Crippen LogP contribution >= 0.6 is 11.6 Å². The zero-order chi connectivity index (χ0) is 11.4. The number of hydrogen-bond donors (Lipinski definition) is 0. The van der Waals surface area contributed by atoms with Crippen LogP contribution < -0.4 is 4.90 Å². The number of halogens is 1. The molecule has 80 valence electrons. The van der Waals surface area contributed by atoms with E-state index in [1.165, 1.54) is 4.90 Å². The van der Waals surface area contributed by atoms with Gasteiger partial charge in [0.05, 0.1) is 0 Å². The van der Waals surface area contributed by atoms with Crippen molar-refractivity contribution in [1.29, 1.82) is 0 Å². The summed E-state index contributed by atoms with van der Waals surface area (Å²) in [6, 6.07) is 5.01. The van der Waals surface area contributed by atoms with Gasteiger partial charge in [-0.15, -0.1) is 4.91 Å². The van der Waals surface area contributed by atoms with E-state index in [2.05, 4.69) is 5.18 Å². The SMILES string of the molecule is CCN(C(=O)Cl)c1ccc(C)c(N=O)c1. The third kappa shape index (κ3) is 2.53. The monoisotopic (exact) mass is 226 g/mol. The van der Waals surface area contributed by atoms with E-state index in [0.29, 0.717) is 17.9 Å². The number of aryl methyl sites for hydroxylation is 1. The lowest BCUT2D eigenvalue weighted by molar-refractivity contribution is 0.264. The molecule has 0 aliphatic heterocycles. The Morgan fingerprint density at radius 2 is 2.20 bits per heavy atom. The molecule has 0 aliphatic carbocycles. The van der Waals surface area contributed by atoms with E-state index in [1.807, 2.05) is 0 Å². The van der Waals surface area contributed by atoms with Crippen molar-refractivity contribution < 1.29 is 4.79 Å². The number of anilines is 1. The van der Waals surface area contributed by atoms with Crippen LogP contribution in [0, 0.1) is 11.8 Å². The van der Waals surface area contributed by atoms with Gasteiger partial charge in [-0.1, -0.05) is 6.07 Å². The van der Waals surface area contributed by atoms with Gasteiger partial charge in [-0.2, -0.15) is 0 Å². The number of benzene rings is 1. The summed E-state index contributed by atoms with van der Waals surface area (Å²) in [6.45, 7) is 4.02. The standard InChI is InChI=1S/C10H11ClN2O2/c1-3-13(10(11)14)8-5-4-7(2)9(6-8)12-15/h4-6H,3H2,1-2H3. The highest BCUT2D eigenvalue weighted by molar-refractivity contribution is 6.66. The van der Waals surface area contributed by atoms with Crippen molar-refractivity contribution in [3.8, 4) is 0 Å². The van der Waals surface area contributed by atoms with Gasteiger partial charge in [-0.05, 0) is 48.3 Å². The van der Waals surface area contributed by atoms with Crippen LogP contribution in [0.15, 0.2) is 23.4 Å². The minimum Gasteiger partial charge on any atom is -0.299 e. The number of rotatable bonds is 3. The molecule has 15 heavy (non-hydrogen) atoms. The average molecular weight is 227 g/mol. The van der Waals surface area contributed by atoms with Crippen LogP contribution in [0.25, 0.3) is 0 Å². The van der Waals surface area contributed by atoms with Crippen molar-refractivity contribution in [1.82, 2.24) is 0 Å². The topological polar surface area (TPSA) is 49.7 Å². The minimum absolute atomic E-state index is 0.323. The number of amides is 1. The van der Waals surface area contributed by atoms with Crippen LogP contribution in [0.1, 0.15) is 12.5 Å². The Balaban J connectivity index is 3.14.